The fourth-order valence-electron chi connectivity index (χ4n) is 2.00. The van der Waals surface area contributed by atoms with Crippen molar-refractivity contribution in [3.8, 4) is 0 Å². The second-order valence-electron chi connectivity index (χ2n) is 4.43. The Balaban J connectivity index is 2.78. The minimum Gasteiger partial charge on any atom is -0.399 e. The number of hydrogen-bond donors (Lipinski definition) is 2. The molecule has 0 bridgehead atoms. The summed E-state index contributed by atoms with van der Waals surface area (Å²) in [6.07, 6.45) is 0.653. The molecule has 0 aromatic heterocycles. The van der Waals surface area contributed by atoms with Crippen LogP contribution >= 0.6 is 0 Å². The maximum absolute atomic E-state index is 12.2. The Morgan fingerprint density at radius 1 is 1.26 bits per heavy atom. The van der Waals surface area contributed by atoms with Gasteiger partial charge in [0.2, 0.25) is 10.0 Å². The van der Waals surface area contributed by atoms with Gasteiger partial charge in [-0.05, 0) is 50.5 Å². The van der Waals surface area contributed by atoms with Gasteiger partial charge >= 0.3 is 0 Å². The molecule has 0 aliphatic rings. The van der Waals surface area contributed by atoms with Crippen LogP contribution in [0.5, 0.6) is 0 Å². The lowest BCUT2D eigenvalue weighted by Crippen LogP contribution is -2.27. The van der Waals surface area contributed by atoms with Gasteiger partial charge in [0.05, 0.1) is 4.90 Å². The van der Waals surface area contributed by atoms with Gasteiger partial charge in [-0.3, -0.25) is 0 Å². The third-order valence-corrected chi connectivity index (χ3v) is 4.48. The Bertz CT molecular complexity index is 504. The van der Waals surface area contributed by atoms with E-state index in [2.05, 4.69) is 4.72 Å². The highest BCUT2D eigenvalue weighted by Gasteiger charge is 2.19. The molecule has 108 valence electrons. The lowest BCUT2D eigenvalue weighted by atomic mass is 10.1. The van der Waals surface area contributed by atoms with E-state index in [0.29, 0.717) is 47.9 Å². The summed E-state index contributed by atoms with van der Waals surface area (Å²) >= 11 is 0. The number of rotatable bonds is 7. The molecule has 0 saturated carbocycles. The summed E-state index contributed by atoms with van der Waals surface area (Å²) in [5.74, 6) is 0. The van der Waals surface area contributed by atoms with Crippen LogP contribution in [0.1, 0.15) is 24.5 Å². The molecule has 0 saturated heterocycles. The number of sulfonamides is 1. The topological polar surface area (TPSA) is 81.4 Å². The van der Waals surface area contributed by atoms with E-state index in [1.165, 1.54) is 0 Å². The fourth-order valence-corrected chi connectivity index (χ4v) is 3.53. The summed E-state index contributed by atoms with van der Waals surface area (Å²) in [6, 6.07) is 3.34. The SMILES string of the molecule is CCOCCCNS(=O)(=O)c1c(C)cc(N)cc1C. The minimum absolute atomic E-state index is 0.318. The van der Waals surface area contributed by atoms with Gasteiger partial charge in [0.1, 0.15) is 0 Å². The summed E-state index contributed by atoms with van der Waals surface area (Å²) in [7, 11) is -3.49. The number of ether oxygens (including phenoxy) is 1. The van der Waals surface area contributed by atoms with Crippen LogP contribution in [0.3, 0.4) is 0 Å². The maximum Gasteiger partial charge on any atom is 0.241 e. The van der Waals surface area contributed by atoms with Crippen molar-refractivity contribution in [2.24, 2.45) is 0 Å². The molecular weight excluding hydrogens is 264 g/mol. The molecule has 5 nitrogen and oxygen atoms in total. The second-order valence-corrected chi connectivity index (χ2v) is 6.14. The van der Waals surface area contributed by atoms with Crippen LogP contribution < -0.4 is 10.5 Å². The number of hydrogen-bond acceptors (Lipinski definition) is 4. The highest BCUT2D eigenvalue weighted by molar-refractivity contribution is 7.89. The van der Waals surface area contributed by atoms with Gasteiger partial charge in [0, 0.05) is 25.4 Å². The van der Waals surface area contributed by atoms with E-state index >= 15 is 0 Å². The molecular formula is C13H22N2O3S. The molecule has 0 aliphatic carbocycles. The first kappa shape index (κ1) is 15.9. The van der Waals surface area contributed by atoms with Crippen LogP contribution in [0.15, 0.2) is 17.0 Å². The molecule has 0 radical (unpaired) electrons. The third kappa shape index (κ3) is 4.49. The average Bonchev–Trinajstić information content (AvgIpc) is 2.26. The Kier molecular flexibility index (Phi) is 5.78. The molecule has 0 unspecified atom stereocenters. The summed E-state index contributed by atoms with van der Waals surface area (Å²) in [5.41, 5.74) is 7.59. The number of nitrogens with two attached hydrogens (primary N) is 1. The molecule has 0 aliphatic heterocycles. The molecule has 3 N–H and O–H groups in total. The standard InChI is InChI=1S/C13H22N2O3S/c1-4-18-7-5-6-15-19(16,17)13-10(2)8-12(14)9-11(13)3/h8-9,15H,4-7,14H2,1-3H3. The van der Waals surface area contributed by atoms with Crippen LogP contribution in [0.4, 0.5) is 5.69 Å². The molecule has 1 aromatic carbocycles. The average molecular weight is 286 g/mol. The molecule has 6 heteroatoms. The van der Waals surface area contributed by atoms with Crippen molar-refractivity contribution in [3.63, 3.8) is 0 Å². The van der Waals surface area contributed by atoms with Gasteiger partial charge < -0.3 is 10.5 Å². The van der Waals surface area contributed by atoms with E-state index in [9.17, 15) is 8.42 Å². The van der Waals surface area contributed by atoms with Crippen molar-refractivity contribution in [1.29, 1.82) is 0 Å². The van der Waals surface area contributed by atoms with Gasteiger partial charge in [-0.25, -0.2) is 13.1 Å². The predicted molar refractivity (Wildman–Crippen MR) is 76.6 cm³/mol. The van der Waals surface area contributed by atoms with Crippen LogP contribution in [0.2, 0.25) is 0 Å². The van der Waals surface area contributed by atoms with E-state index in [4.69, 9.17) is 10.5 Å². The molecule has 1 aromatic rings. The maximum atomic E-state index is 12.2. The highest BCUT2D eigenvalue weighted by atomic mass is 32.2. The largest absolute Gasteiger partial charge is 0.399 e. The van der Waals surface area contributed by atoms with E-state index in [1.54, 1.807) is 26.0 Å². The summed E-state index contributed by atoms with van der Waals surface area (Å²) in [4.78, 5) is 0.318. The third-order valence-electron chi connectivity index (χ3n) is 2.71. The second kappa shape index (κ2) is 6.88. The van der Waals surface area contributed by atoms with Crippen LogP contribution in [0, 0.1) is 13.8 Å². The lowest BCUT2D eigenvalue weighted by Gasteiger charge is -2.13. The zero-order chi connectivity index (χ0) is 14.5. The number of aryl methyl sites for hydroxylation is 2. The number of nitrogens with one attached hydrogen (secondary N) is 1. The summed E-state index contributed by atoms with van der Waals surface area (Å²) in [5, 5.41) is 0. The fraction of sp³-hybridized carbons (Fsp3) is 0.538. The van der Waals surface area contributed by atoms with Gasteiger partial charge in [0.25, 0.3) is 0 Å². The lowest BCUT2D eigenvalue weighted by molar-refractivity contribution is 0.146. The first-order valence-corrected chi connectivity index (χ1v) is 7.81. The Morgan fingerprint density at radius 3 is 2.37 bits per heavy atom. The van der Waals surface area contributed by atoms with E-state index in [1.807, 2.05) is 6.92 Å². The van der Waals surface area contributed by atoms with Gasteiger partial charge in [-0.1, -0.05) is 0 Å². The number of anilines is 1. The molecule has 0 amide bonds. The van der Waals surface area contributed by atoms with E-state index in [-0.39, 0.29) is 0 Å². The highest BCUT2D eigenvalue weighted by Crippen LogP contribution is 2.22. The quantitative estimate of drug-likeness (QED) is 0.589. The number of nitrogen functional groups attached to an aromatic ring is 1. The molecule has 0 heterocycles. The first-order chi connectivity index (χ1) is 8.88. The first-order valence-electron chi connectivity index (χ1n) is 6.32. The summed E-state index contributed by atoms with van der Waals surface area (Å²) in [6.45, 7) is 6.97. The van der Waals surface area contributed by atoms with Gasteiger partial charge in [0.15, 0.2) is 0 Å². The molecule has 0 spiro atoms. The summed E-state index contributed by atoms with van der Waals surface area (Å²) < 4.78 is 32.2. The zero-order valence-corrected chi connectivity index (χ0v) is 12.5. The van der Waals surface area contributed by atoms with Crippen molar-refractivity contribution >= 4 is 15.7 Å². The molecule has 0 atom stereocenters. The van der Waals surface area contributed by atoms with Crippen molar-refractivity contribution < 1.29 is 13.2 Å². The van der Waals surface area contributed by atoms with Crippen molar-refractivity contribution in [2.45, 2.75) is 32.1 Å². The van der Waals surface area contributed by atoms with Gasteiger partial charge in [-0.15, -0.1) is 0 Å². The number of benzene rings is 1. The van der Waals surface area contributed by atoms with E-state index in [0.717, 1.165) is 0 Å². The molecule has 1 rings (SSSR count). The van der Waals surface area contributed by atoms with Crippen molar-refractivity contribution in [3.05, 3.63) is 23.3 Å². The Hall–Kier alpha value is -1.11. The predicted octanol–water partition coefficient (Wildman–Crippen LogP) is 1.59. The van der Waals surface area contributed by atoms with Crippen LogP contribution in [-0.2, 0) is 14.8 Å². The molecule has 19 heavy (non-hydrogen) atoms. The normalized spacial score (nSPS) is 11.7. The molecule has 0 fully saturated rings. The van der Waals surface area contributed by atoms with Crippen LogP contribution in [-0.4, -0.2) is 28.2 Å². The van der Waals surface area contributed by atoms with Gasteiger partial charge in [-0.2, -0.15) is 0 Å². The Labute approximate surface area is 115 Å². The van der Waals surface area contributed by atoms with E-state index < -0.39 is 10.0 Å². The van der Waals surface area contributed by atoms with Crippen molar-refractivity contribution in [2.75, 3.05) is 25.5 Å². The smallest absolute Gasteiger partial charge is 0.241 e. The van der Waals surface area contributed by atoms with Crippen LogP contribution in [0.25, 0.3) is 0 Å². The van der Waals surface area contributed by atoms with Crippen molar-refractivity contribution in [1.82, 2.24) is 4.72 Å². The zero-order valence-electron chi connectivity index (χ0n) is 11.7. The monoisotopic (exact) mass is 286 g/mol. The Morgan fingerprint density at radius 2 is 1.84 bits per heavy atom. The minimum atomic E-state index is -3.49.